The Morgan fingerprint density at radius 1 is 1.06 bits per heavy atom. The first-order chi connectivity index (χ1) is 16.2. The minimum Gasteiger partial charge on any atom is -0.459 e. The molecule has 0 spiro atoms. The smallest absolute Gasteiger partial charge is 0.432 e. The number of halogens is 5. The lowest BCUT2D eigenvalue weighted by atomic mass is 9.52. The number of esters is 2. The molecular weight excluding hydrogens is 515 g/mol. The number of hydrogen-bond donors (Lipinski definition) is 1. The lowest BCUT2D eigenvalue weighted by Crippen LogP contribution is -2.58. The van der Waals surface area contributed by atoms with Crippen LogP contribution in [-0.4, -0.2) is 48.0 Å². The molecule has 0 aromatic carbocycles. The zero-order chi connectivity index (χ0) is 27.5. The number of hydrogen-bond acceptors (Lipinski definition) is 6. The van der Waals surface area contributed by atoms with E-state index in [1.54, 1.807) is 13.8 Å². The molecule has 0 aliphatic heterocycles. The van der Waals surface area contributed by atoms with Crippen LogP contribution < -0.4 is 0 Å². The largest absolute Gasteiger partial charge is 0.459 e. The number of carbonyl (C=O) groups is 2. The molecule has 0 amide bonds. The van der Waals surface area contributed by atoms with Crippen LogP contribution in [0, 0.1) is 35.0 Å². The summed E-state index contributed by atoms with van der Waals surface area (Å²) in [5.74, 6) is -3.73. The predicted octanol–water partition coefficient (Wildman–Crippen LogP) is 5.14. The Morgan fingerprint density at radius 3 is 2.19 bits per heavy atom. The summed E-state index contributed by atoms with van der Waals surface area (Å²) in [4.78, 5) is 26.1. The average Bonchev–Trinajstić information content (AvgIpc) is 2.66. The number of ether oxygens (including phenoxy) is 2. The molecule has 13 heteroatoms. The summed E-state index contributed by atoms with van der Waals surface area (Å²) in [6, 6.07) is 0. The second kappa shape index (κ2) is 9.36. The Bertz CT molecular complexity index is 974. The molecule has 3 fully saturated rings. The van der Waals surface area contributed by atoms with Crippen molar-refractivity contribution in [3.05, 3.63) is 0 Å². The highest BCUT2D eigenvalue weighted by Gasteiger charge is 2.67. The maximum absolute atomic E-state index is 14.0. The van der Waals surface area contributed by atoms with Gasteiger partial charge in [0.15, 0.2) is 0 Å². The van der Waals surface area contributed by atoms with E-state index in [-0.39, 0.29) is 24.2 Å². The van der Waals surface area contributed by atoms with Gasteiger partial charge in [-0.25, -0.2) is 0 Å². The first-order valence-electron chi connectivity index (χ1n) is 12.0. The number of carbonyl (C=O) groups excluding carboxylic acids is 2. The Kier molecular flexibility index (Phi) is 7.55. The standard InChI is InChI=1S/C23H33F5O7S/c1-12(2)8-20(3,4)19(30)35-21-9-13-5-6-15(14(7-13)10-21)16(11-21)17(29)34-18(22(24,25)26)23(27,28)36(31,32)33/h12-16,18H,5-11H2,1-4H3,(H,31,32,33). The van der Waals surface area contributed by atoms with Crippen LogP contribution in [0.4, 0.5) is 22.0 Å². The zero-order valence-electron chi connectivity index (χ0n) is 20.6. The van der Waals surface area contributed by atoms with E-state index in [4.69, 9.17) is 9.29 Å². The lowest BCUT2D eigenvalue weighted by Gasteiger charge is -2.56. The summed E-state index contributed by atoms with van der Waals surface area (Å²) in [6.07, 6.45) is -7.48. The third-order valence-corrected chi connectivity index (χ3v) is 8.72. The van der Waals surface area contributed by atoms with Gasteiger partial charge in [0.1, 0.15) is 5.60 Å². The number of alkyl halides is 5. The summed E-state index contributed by atoms with van der Waals surface area (Å²) in [5, 5.41) is -5.80. The first kappa shape index (κ1) is 29.1. The van der Waals surface area contributed by atoms with E-state index in [2.05, 4.69) is 4.74 Å². The van der Waals surface area contributed by atoms with Crippen LogP contribution in [0.3, 0.4) is 0 Å². The SMILES string of the molecule is CC(C)CC(C)(C)C(=O)OC12CC3CCC(C(C3)C1)C(C(=O)OC(C(F)(F)F)C(F)(F)S(=O)(=O)O)C2. The molecule has 6 unspecified atom stereocenters. The molecule has 3 aliphatic rings. The van der Waals surface area contributed by atoms with E-state index >= 15 is 0 Å². The van der Waals surface area contributed by atoms with Crippen molar-refractivity contribution in [2.75, 3.05) is 0 Å². The molecule has 3 aliphatic carbocycles. The number of rotatable bonds is 8. The van der Waals surface area contributed by atoms with Crippen LogP contribution in [-0.2, 0) is 29.2 Å². The highest BCUT2D eigenvalue weighted by molar-refractivity contribution is 7.86. The summed E-state index contributed by atoms with van der Waals surface area (Å²) in [5.41, 5.74) is -2.01. The molecule has 208 valence electrons. The molecule has 1 N–H and O–H groups in total. The molecule has 7 nitrogen and oxygen atoms in total. The fraction of sp³-hybridized carbons (Fsp3) is 0.913. The van der Waals surface area contributed by atoms with Gasteiger partial charge in [0, 0.05) is 6.42 Å². The van der Waals surface area contributed by atoms with E-state index in [1.165, 1.54) is 0 Å². The number of fused-ring (bicyclic) bond motifs is 2. The molecule has 3 rings (SSSR count). The van der Waals surface area contributed by atoms with Crippen LogP contribution in [0.5, 0.6) is 0 Å². The Labute approximate surface area is 207 Å². The normalized spacial score (nSPS) is 31.8. The first-order valence-corrected chi connectivity index (χ1v) is 13.5. The van der Waals surface area contributed by atoms with Crippen molar-refractivity contribution in [1.82, 2.24) is 0 Å². The molecule has 36 heavy (non-hydrogen) atoms. The fourth-order valence-electron chi connectivity index (χ4n) is 6.63. The molecule has 3 saturated carbocycles. The summed E-state index contributed by atoms with van der Waals surface area (Å²) in [6.45, 7) is 7.32. The Balaban J connectivity index is 1.89. The molecule has 0 aromatic rings. The quantitative estimate of drug-likeness (QED) is 0.254. The predicted molar refractivity (Wildman–Crippen MR) is 116 cm³/mol. The summed E-state index contributed by atoms with van der Waals surface area (Å²) >= 11 is 0. The van der Waals surface area contributed by atoms with Gasteiger partial charge in [-0.05, 0) is 76.0 Å². The molecule has 0 heterocycles. The van der Waals surface area contributed by atoms with Gasteiger partial charge in [-0.3, -0.25) is 14.1 Å². The third-order valence-electron chi connectivity index (χ3n) is 7.82. The monoisotopic (exact) mass is 548 g/mol. The van der Waals surface area contributed by atoms with E-state index in [0.29, 0.717) is 38.5 Å². The Morgan fingerprint density at radius 2 is 1.67 bits per heavy atom. The van der Waals surface area contributed by atoms with E-state index in [1.807, 2.05) is 13.8 Å². The maximum atomic E-state index is 14.0. The molecule has 3 bridgehead atoms. The van der Waals surface area contributed by atoms with Crippen molar-refractivity contribution in [1.29, 1.82) is 0 Å². The second-order valence-corrected chi connectivity index (χ2v) is 13.3. The fourth-order valence-corrected chi connectivity index (χ4v) is 7.08. The average molecular weight is 549 g/mol. The maximum Gasteiger partial charge on any atom is 0.432 e. The molecule has 0 saturated heterocycles. The lowest BCUT2D eigenvalue weighted by molar-refractivity contribution is -0.264. The van der Waals surface area contributed by atoms with Crippen molar-refractivity contribution in [2.45, 2.75) is 95.8 Å². The van der Waals surface area contributed by atoms with Crippen LogP contribution in [0.2, 0.25) is 0 Å². The zero-order valence-corrected chi connectivity index (χ0v) is 21.4. The van der Waals surface area contributed by atoms with E-state index in [9.17, 15) is 40.0 Å². The molecular formula is C23H33F5O7S. The van der Waals surface area contributed by atoms with Gasteiger partial charge < -0.3 is 9.47 Å². The summed E-state index contributed by atoms with van der Waals surface area (Å²) in [7, 11) is -6.54. The van der Waals surface area contributed by atoms with Gasteiger partial charge >= 0.3 is 33.5 Å². The van der Waals surface area contributed by atoms with Gasteiger partial charge in [-0.1, -0.05) is 13.8 Å². The van der Waals surface area contributed by atoms with Crippen molar-refractivity contribution >= 4 is 22.1 Å². The van der Waals surface area contributed by atoms with Crippen molar-refractivity contribution in [3.8, 4) is 0 Å². The minimum absolute atomic E-state index is 0.179. The van der Waals surface area contributed by atoms with Crippen LogP contribution in [0.25, 0.3) is 0 Å². The molecule has 6 atom stereocenters. The van der Waals surface area contributed by atoms with Gasteiger partial charge in [0.2, 0.25) is 0 Å². The minimum atomic E-state index is -6.54. The van der Waals surface area contributed by atoms with Crippen molar-refractivity contribution in [3.63, 3.8) is 0 Å². The van der Waals surface area contributed by atoms with Crippen molar-refractivity contribution in [2.24, 2.45) is 35.0 Å². The third kappa shape index (κ3) is 5.66. The molecule has 0 radical (unpaired) electrons. The van der Waals surface area contributed by atoms with Crippen molar-refractivity contribution < 1.29 is 54.0 Å². The van der Waals surface area contributed by atoms with Crippen LogP contribution in [0.1, 0.15) is 72.6 Å². The molecule has 0 aromatic heterocycles. The van der Waals surface area contributed by atoms with Crippen LogP contribution >= 0.6 is 0 Å². The van der Waals surface area contributed by atoms with E-state index in [0.717, 1.165) is 0 Å². The topological polar surface area (TPSA) is 107 Å². The van der Waals surface area contributed by atoms with Gasteiger partial charge in [-0.15, -0.1) is 0 Å². The van der Waals surface area contributed by atoms with Gasteiger partial charge in [-0.2, -0.15) is 30.4 Å². The van der Waals surface area contributed by atoms with Gasteiger partial charge in [0.05, 0.1) is 11.3 Å². The Hall–Kier alpha value is -1.50. The van der Waals surface area contributed by atoms with Crippen LogP contribution in [0.15, 0.2) is 0 Å². The summed E-state index contributed by atoms with van der Waals surface area (Å²) < 4.78 is 109. The van der Waals surface area contributed by atoms with E-state index < -0.39 is 62.4 Å². The second-order valence-electron chi connectivity index (χ2n) is 11.8. The van der Waals surface area contributed by atoms with Gasteiger partial charge in [0.25, 0.3) is 6.10 Å². The highest BCUT2D eigenvalue weighted by atomic mass is 32.2. The highest BCUT2D eigenvalue weighted by Crippen LogP contribution is 2.58.